The molecule has 6 N–H and O–H groups in total. The van der Waals surface area contributed by atoms with Crippen LogP contribution in [0.1, 0.15) is 169 Å². The maximum atomic E-state index is 13.3. The van der Waals surface area contributed by atoms with Crippen molar-refractivity contribution >= 4 is 64.6 Å². The number of nitrogens with zero attached hydrogens (tertiary/aromatic N) is 4. The molecule has 0 saturated carbocycles. The average Bonchev–Trinajstić information content (AvgIpc) is 1.67. The van der Waals surface area contributed by atoms with Crippen LogP contribution >= 0.6 is 0 Å². The summed E-state index contributed by atoms with van der Waals surface area (Å²) in [4.78, 5) is 71.7. The first kappa shape index (κ1) is 79.4. The number of H-pyrrole nitrogens is 5. The summed E-state index contributed by atoms with van der Waals surface area (Å²) >= 11 is 0. The topological polar surface area (TPSA) is 270 Å². The van der Waals surface area contributed by atoms with Crippen LogP contribution in [-0.2, 0) is 33.1 Å². The van der Waals surface area contributed by atoms with Gasteiger partial charge in [0.15, 0.2) is 30.1 Å². The molecule has 522 valence electrons. The number of aromatic nitrogens is 8. The maximum absolute atomic E-state index is 13.3. The second kappa shape index (κ2) is 40.4. The molecule has 0 amide bonds. The van der Waals surface area contributed by atoms with E-state index in [0.717, 1.165) is 76.9 Å². The molecule has 0 spiro atoms. The molecule has 6 heterocycles. The van der Waals surface area contributed by atoms with Crippen molar-refractivity contribution in [2.45, 2.75) is 182 Å². The van der Waals surface area contributed by atoms with Gasteiger partial charge in [0.1, 0.15) is 13.1 Å². The fourth-order valence-corrected chi connectivity index (χ4v) is 13.4. The monoisotopic (exact) mass is 1430 g/mol. The normalized spacial score (nSPS) is 11.2. The summed E-state index contributed by atoms with van der Waals surface area (Å²) in [5.41, 5.74) is 7.14. The number of benzene rings is 4. The van der Waals surface area contributed by atoms with Crippen LogP contribution in [0.2, 0.25) is 0 Å². The second-order valence-corrected chi connectivity index (χ2v) is 28.5. The molecule has 10 rings (SSSR count). The number of carbonyl (C=O) groups is 1. The quantitative estimate of drug-likeness (QED) is 0.0153. The molecule has 0 atom stereocenters. The second-order valence-electron chi connectivity index (χ2n) is 24.5. The van der Waals surface area contributed by atoms with Crippen molar-refractivity contribution in [1.82, 2.24) is 34.2 Å². The summed E-state index contributed by atoms with van der Waals surface area (Å²) in [6.07, 6.45) is 30.6. The smallest absolute Gasteiger partial charge is 0.325 e. The predicted octanol–water partition coefficient (Wildman–Crippen LogP) is 11.0. The third-order valence-electron chi connectivity index (χ3n) is 16.5. The number of aromatic amines is 5. The first-order valence-electron chi connectivity index (χ1n) is 33.7. The minimum Gasteiger partial charge on any atom is -1.00 e. The number of sulfonamides is 2. The minimum absolute atomic E-state index is 0. The summed E-state index contributed by atoms with van der Waals surface area (Å²) in [5, 5.41) is 3.15. The van der Waals surface area contributed by atoms with Crippen LogP contribution in [0, 0.1) is 27.7 Å². The number of fused-ring (bicyclic) bond motifs is 3. The Morgan fingerprint density at radius 3 is 1.53 bits per heavy atom. The summed E-state index contributed by atoms with van der Waals surface area (Å²) in [7, 11) is -4.29. The van der Waals surface area contributed by atoms with Crippen molar-refractivity contribution in [2.24, 2.45) is 0 Å². The van der Waals surface area contributed by atoms with E-state index in [9.17, 15) is 40.8 Å². The number of para-hydroxylation sites is 1. The highest BCUT2D eigenvalue weighted by atomic mass is 79.9. The lowest BCUT2D eigenvalue weighted by molar-refractivity contribution is -0.703. The van der Waals surface area contributed by atoms with Gasteiger partial charge in [-0.25, -0.2) is 39.9 Å². The molecule has 0 saturated heterocycles. The first-order chi connectivity index (χ1) is 46.1. The third-order valence-corrected chi connectivity index (χ3v) is 19.7. The number of aldehydes is 1. The lowest BCUT2D eigenvalue weighted by Crippen LogP contribution is -3.00. The molecule has 19 nitrogen and oxygen atoms in total. The Morgan fingerprint density at radius 1 is 0.526 bits per heavy atom. The molecule has 0 aliphatic rings. The Bertz CT molecular complexity index is 4420. The standard InChI is InChI=1S/C45H55N4O5S2.2C10H16N.2C5H6N2O2.BrH/c1-4-5-6-7-8-9-10-11-12-13-14-15-16-19-27-55(51,52)48-42-24-20-23-37-39(30-47-45(37)42)38-28-33-21-17-18-22-35(33)41(32-50)44(38)40-31-46-43-29-34(25-26-36(40)43)56(53,54)49(2)3;2*1-3-4-8-11-9-6-5-7-10(11)2;2*1-3-2-4(8)7-5(9)6-3;/h17-18,20-26,28-32,48H,4-16,19,27H2,1-3H3,(H,46,50);2*5-7,9H,3-4,8H2,1-2H3;2*2H,1H3,(H2,6,7,8,9);1H/q-1;2*+1;;;/p-1. The Balaban J connectivity index is 0.000000328. The highest BCUT2D eigenvalue weighted by Crippen LogP contribution is 2.44. The maximum Gasteiger partial charge on any atom is 0.325 e. The van der Waals surface area contributed by atoms with E-state index in [-0.39, 0.29) is 38.7 Å². The van der Waals surface area contributed by atoms with Crippen LogP contribution in [0.3, 0.4) is 0 Å². The van der Waals surface area contributed by atoms with Crippen LogP contribution in [0.4, 0.5) is 5.69 Å². The van der Waals surface area contributed by atoms with Crippen molar-refractivity contribution in [3.05, 3.63) is 210 Å². The van der Waals surface area contributed by atoms with Gasteiger partial charge in [-0.1, -0.05) is 172 Å². The van der Waals surface area contributed by atoms with Crippen LogP contribution in [0.25, 0.3) is 54.8 Å². The van der Waals surface area contributed by atoms with Crippen LogP contribution in [0.15, 0.2) is 164 Å². The molecular weight excluding hydrogens is 1330 g/mol. The molecule has 0 fully saturated rings. The summed E-state index contributed by atoms with van der Waals surface area (Å²) < 4.78 is 61.0. The number of hydrogen-bond acceptors (Lipinski definition) is 9. The van der Waals surface area contributed by atoms with Crippen LogP contribution in [0.5, 0.6) is 0 Å². The number of carbonyl (C=O) groups excluding carboxylic acids is 1. The molecule has 0 aliphatic carbocycles. The van der Waals surface area contributed by atoms with Gasteiger partial charge in [-0.05, 0) is 71.8 Å². The Labute approximate surface area is 581 Å². The van der Waals surface area contributed by atoms with Crippen molar-refractivity contribution in [3.8, 4) is 22.3 Å². The summed E-state index contributed by atoms with van der Waals surface area (Å²) in [6.45, 7) is 16.6. The summed E-state index contributed by atoms with van der Waals surface area (Å²) in [5.74, 6) is 0.0463. The van der Waals surface area contributed by atoms with Gasteiger partial charge in [0.2, 0.25) is 20.0 Å². The van der Waals surface area contributed by atoms with Crippen molar-refractivity contribution in [2.75, 3.05) is 24.6 Å². The number of aryl methyl sites for hydroxylation is 6. The van der Waals surface area contributed by atoms with Crippen molar-refractivity contribution < 1.29 is 47.7 Å². The number of hydrogen-bond donors (Lipinski definition) is 6. The molecule has 0 aliphatic heterocycles. The van der Waals surface area contributed by atoms with Gasteiger partial charge < -0.3 is 36.9 Å². The Morgan fingerprint density at radius 2 is 1.03 bits per heavy atom. The third kappa shape index (κ3) is 24.6. The van der Waals surface area contributed by atoms with Gasteiger partial charge in [0.25, 0.3) is 11.1 Å². The molecule has 22 heteroatoms. The molecule has 0 bridgehead atoms. The number of anilines is 1. The van der Waals surface area contributed by atoms with Crippen molar-refractivity contribution in [3.63, 3.8) is 0 Å². The number of halogens is 1. The fraction of sp³-hybridized carbons (Fsp3) is 0.400. The highest BCUT2D eigenvalue weighted by Gasteiger charge is 2.23. The molecule has 0 unspecified atom stereocenters. The van der Waals surface area contributed by atoms with E-state index in [1.807, 2.05) is 52.4 Å². The first-order valence-corrected chi connectivity index (χ1v) is 36.8. The molecule has 4 aromatic carbocycles. The largest absolute Gasteiger partial charge is 1.00 e. The van der Waals surface area contributed by atoms with Crippen LogP contribution in [-0.4, -0.2) is 72.2 Å². The number of pyridine rings is 2. The van der Waals surface area contributed by atoms with E-state index in [1.54, 1.807) is 50.5 Å². The van der Waals surface area contributed by atoms with E-state index < -0.39 is 31.4 Å². The zero-order valence-corrected chi connectivity index (χ0v) is 61.1. The van der Waals surface area contributed by atoms with Crippen LogP contribution < -0.4 is 58.3 Å². The van der Waals surface area contributed by atoms with E-state index in [1.165, 1.54) is 132 Å². The van der Waals surface area contributed by atoms with Gasteiger partial charge in [-0.15, -0.1) is 5.52 Å². The average molecular weight is 1430 g/mol. The molecule has 10 aromatic rings. The van der Waals surface area contributed by atoms with E-state index in [2.05, 4.69) is 112 Å². The summed E-state index contributed by atoms with van der Waals surface area (Å²) in [6, 6.07) is 35.4. The number of nitrogens with one attached hydrogen (secondary N) is 6. The Kier molecular flexibility index (Phi) is 33.1. The zero-order chi connectivity index (χ0) is 69.6. The molecule has 97 heavy (non-hydrogen) atoms. The molecular formula is C75H99BrN10O9S2. The van der Waals surface area contributed by atoms with Crippen molar-refractivity contribution in [1.29, 1.82) is 0 Å². The van der Waals surface area contributed by atoms with Gasteiger partial charge in [-0.3, -0.25) is 29.1 Å². The molecule has 0 radical (unpaired) electrons. The van der Waals surface area contributed by atoms with Gasteiger partial charge in [-0.2, -0.15) is 6.20 Å². The molecule has 6 aromatic heterocycles. The van der Waals surface area contributed by atoms with Gasteiger partial charge in [0.05, 0.1) is 10.6 Å². The fourth-order valence-electron chi connectivity index (χ4n) is 11.2. The van der Waals surface area contributed by atoms with E-state index in [4.69, 9.17) is 4.98 Å². The number of unbranched alkanes of at least 4 members (excludes halogenated alkanes) is 15. The highest BCUT2D eigenvalue weighted by molar-refractivity contribution is 7.92. The lowest BCUT2D eigenvalue weighted by atomic mass is 9.87. The van der Waals surface area contributed by atoms with E-state index in [0.29, 0.717) is 45.7 Å². The Hall–Kier alpha value is -8.31. The SMILES string of the molecule is CCCCCCCCCCCCCCCCS(=O)(=O)Nc1cccc2c(-c3cc4ccccc4c(C=O)c3-c3c[nH]c4cc(S(=O)(=O)N(C)C)ccc34)c[n-]c12.CCCC[n+]1ccccc1C.CCCC[n+]1ccccc1C.Cc1cc(=O)[nH]c(=O)[nH]1.Cc1cc(=O)[nH]c(=O)[nH]1.[Br-]. The van der Waals surface area contributed by atoms with Gasteiger partial charge >= 0.3 is 11.4 Å². The number of rotatable bonds is 28. The van der Waals surface area contributed by atoms with E-state index >= 15 is 0 Å². The lowest BCUT2D eigenvalue weighted by Gasteiger charge is -2.17. The van der Waals surface area contributed by atoms with Gasteiger partial charge in [0, 0.05) is 128 Å². The minimum atomic E-state index is -3.67. The zero-order valence-electron chi connectivity index (χ0n) is 57.9. The predicted molar refractivity (Wildman–Crippen MR) is 389 cm³/mol.